The molecule has 0 spiro atoms. The van der Waals surface area contributed by atoms with Gasteiger partial charge in [-0.05, 0) is 12.1 Å². The molecule has 3 rings (SSSR count). The van der Waals surface area contributed by atoms with Crippen LogP contribution in [0, 0.1) is 11.3 Å². The molecule has 4 heteroatoms. The van der Waals surface area contributed by atoms with Gasteiger partial charge in [0.15, 0.2) is 0 Å². The summed E-state index contributed by atoms with van der Waals surface area (Å²) >= 11 is 0. The molecule has 1 aromatic carbocycles. The molecule has 1 aromatic heterocycles. The molecule has 0 bridgehead atoms. The van der Waals surface area contributed by atoms with Crippen molar-refractivity contribution in [1.29, 1.82) is 5.26 Å². The summed E-state index contributed by atoms with van der Waals surface area (Å²) in [6, 6.07) is 11.2. The number of hydrogen-bond acceptors (Lipinski definition) is 3. The lowest BCUT2D eigenvalue weighted by molar-refractivity contribution is 0.325. The number of pyridine rings is 1. The number of aromatic amines is 1. The maximum atomic E-state index is 11.6. The second-order valence-electron chi connectivity index (χ2n) is 4.11. The predicted octanol–water partition coefficient (Wildman–Crippen LogP) is 1.85. The van der Waals surface area contributed by atoms with Gasteiger partial charge in [-0.1, -0.05) is 18.2 Å². The number of ether oxygens (including phenoxy) is 1. The monoisotopic (exact) mass is 238 g/mol. The summed E-state index contributed by atoms with van der Waals surface area (Å²) < 4.78 is 5.64. The predicted molar refractivity (Wildman–Crippen MR) is 66.4 cm³/mol. The molecular formula is C14H10N2O2. The van der Waals surface area contributed by atoms with Gasteiger partial charge < -0.3 is 9.72 Å². The summed E-state index contributed by atoms with van der Waals surface area (Å²) in [7, 11) is 0. The van der Waals surface area contributed by atoms with Crippen LogP contribution in [-0.4, -0.2) is 11.6 Å². The molecule has 0 saturated heterocycles. The minimum absolute atomic E-state index is 0.130. The third-order valence-electron chi connectivity index (χ3n) is 3.03. The van der Waals surface area contributed by atoms with E-state index in [-0.39, 0.29) is 11.1 Å². The van der Waals surface area contributed by atoms with Crippen molar-refractivity contribution in [3.05, 3.63) is 51.9 Å². The molecule has 0 saturated carbocycles. The molecule has 0 atom stereocenters. The Kier molecular flexibility index (Phi) is 2.38. The Hall–Kier alpha value is -2.54. The van der Waals surface area contributed by atoms with E-state index in [1.54, 1.807) is 6.07 Å². The Labute approximate surface area is 103 Å². The highest BCUT2D eigenvalue weighted by Gasteiger charge is 2.17. The number of para-hydroxylation sites is 1. The van der Waals surface area contributed by atoms with Crippen molar-refractivity contribution in [1.82, 2.24) is 4.98 Å². The highest BCUT2D eigenvalue weighted by atomic mass is 16.5. The van der Waals surface area contributed by atoms with E-state index in [2.05, 4.69) is 4.98 Å². The zero-order valence-corrected chi connectivity index (χ0v) is 9.56. The van der Waals surface area contributed by atoms with Crippen molar-refractivity contribution in [2.24, 2.45) is 0 Å². The number of nitriles is 1. The highest BCUT2D eigenvalue weighted by molar-refractivity contribution is 5.74. The van der Waals surface area contributed by atoms with Crippen molar-refractivity contribution in [3.8, 4) is 22.9 Å². The molecule has 1 N–H and O–H groups in total. The summed E-state index contributed by atoms with van der Waals surface area (Å²) in [6.07, 6.45) is 0.630. The van der Waals surface area contributed by atoms with Crippen molar-refractivity contribution in [2.75, 3.05) is 6.61 Å². The van der Waals surface area contributed by atoms with Crippen LogP contribution < -0.4 is 10.3 Å². The van der Waals surface area contributed by atoms with Crippen LogP contribution in [0.1, 0.15) is 11.3 Å². The molecule has 0 fully saturated rings. The molecule has 0 radical (unpaired) electrons. The molecule has 0 amide bonds. The van der Waals surface area contributed by atoms with Crippen LogP contribution in [0.3, 0.4) is 0 Å². The Morgan fingerprint density at radius 1 is 1.28 bits per heavy atom. The lowest BCUT2D eigenvalue weighted by Gasteiger charge is -2.07. The van der Waals surface area contributed by atoms with E-state index < -0.39 is 0 Å². The van der Waals surface area contributed by atoms with E-state index >= 15 is 0 Å². The first kappa shape index (κ1) is 10.6. The topological polar surface area (TPSA) is 65.9 Å². The number of hydrogen-bond donors (Lipinski definition) is 1. The lowest BCUT2D eigenvalue weighted by Crippen LogP contribution is -2.14. The highest BCUT2D eigenvalue weighted by Crippen LogP contribution is 2.33. The average Bonchev–Trinajstić information content (AvgIpc) is 2.56. The van der Waals surface area contributed by atoms with Crippen LogP contribution in [0.15, 0.2) is 35.1 Å². The van der Waals surface area contributed by atoms with Crippen LogP contribution in [0.25, 0.3) is 11.1 Å². The Morgan fingerprint density at radius 3 is 2.94 bits per heavy atom. The number of rotatable bonds is 0. The summed E-state index contributed by atoms with van der Waals surface area (Å²) in [6.45, 7) is 0.520. The van der Waals surface area contributed by atoms with E-state index in [9.17, 15) is 4.79 Å². The molecule has 1 aliphatic heterocycles. The van der Waals surface area contributed by atoms with Crippen LogP contribution >= 0.6 is 0 Å². The van der Waals surface area contributed by atoms with Gasteiger partial charge in [-0.25, -0.2) is 0 Å². The van der Waals surface area contributed by atoms with Gasteiger partial charge >= 0.3 is 0 Å². The van der Waals surface area contributed by atoms with Crippen LogP contribution in [0.5, 0.6) is 5.75 Å². The van der Waals surface area contributed by atoms with Gasteiger partial charge in [0.1, 0.15) is 17.4 Å². The summed E-state index contributed by atoms with van der Waals surface area (Å²) in [5.41, 5.74) is 2.40. The summed E-state index contributed by atoms with van der Waals surface area (Å²) in [5, 5.41) is 8.94. The van der Waals surface area contributed by atoms with E-state index in [1.165, 1.54) is 0 Å². The first-order valence-electron chi connectivity index (χ1n) is 5.68. The van der Waals surface area contributed by atoms with E-state index in [4.69, 9.17) is 10.00 Å². The zero-order valence-electron chi connectivity index (χ0n) is 9.56. The van der Waals surface area contributed by atoms with Crippen LogP contribution in [0.2, 0.25) is 0 Å². The van der Waals surface area contributed by atoms with E-state index in [0.29, 0.717) is 13.0 Å². The van der Waals surface area contributed by atoms with E-state index in [0.717, 1.165) is 22.6 Å². The van der Waals surface area contributed by atoms with Crippen LogP contribution in [-0.2, 0) is 6.42 Å². The molecule has 2 heterocycles. The fourth-order valence-corrected chi connectivity index (χ4v) is 2.17. The second-order valence-corrected chi connectivity index (χ2v) is 4.11. The number of nitrogens with zero attached hydrogens (tertiary/aromatic N) is 1. The summed E-state index contributed by atoms with van der Waals surface area (Å²) in [5.74, 6) is 0.784. The average molecular weight is 238 g/mol. The molecule has 2 aromatic rings. The fourth-order valence-electron chi connectivity index (χ4n) is 2.17. The van der Waals surface area contributed by atoms with Gasteiger partial charge in [-0.15, -0.1) is 0 Å². The maximum absolute atomic E-state index is 11.6. The largest absolute Gasteiger partial charge is 0.493 e. The van der Waals surface area contributed by atoms with Crippen molar-refractivity contribution in [3.63, 3.8) is 0 Å². The molecular weight excluding hydrogens is 228 g/mol. The van der Waals surface area contributed by atoms with Gasteiger partial charge in [-0.3, -0.25) is 4.79 Å². The van der Waals surface area contributed by atoms with E-state index in [1.807, 2.05) is 30.3 Å². The maximum Gasteiger partial charge on any atom is 0.266 e. The number of nitrogens with one attached hydrogen (secondary N) is 1. The molecule has 4 nitrogen and oxygen atoms in total. The Balaban J connectivity index is 2.33. The Bertz CT molecular complexity index is 710. The number of fused-ring (bicyclic) bond motifs is 3. The molecule has 88 valence electrons. The number of aromatic nitrogens is 1. The van der Waals surface area contributed by atoms with Gasteiger partial charge in [0.25, 0.3) is 5.56 Å². The van der Waals surface area contributed by atoms with Gasteiger partial charge in [0.05, 0.1) is 6.61 Å². The quantitative estimate of drug-likeness (QED) is 0.761. The first-order valence-corrected chi connectivity index (χ1v) is 5.68. The zero-order chi connectivity index (χ0) is 12.5. The molecule has 0 unspecified atom stereocenters. The van der Waals surface area contributed by atoms with Crippen molar-refractivity contribution >= 4 is 0 Å². The number of benzene rings is 1. The molecule has 18 heavy (non-hydrogen) atoms. The normalized spacial score (nSPS) is 12.6. The summed E-state index contributed by atoms with van der Waals surface area (Å²) in [4.78, 5) is 14.4. The van der Waals surface area contributed by atoms with Crippen molar-refractivity contribution < 1.29 is 4.74 Å². The van der Waals surface area contributed by atoms with Crippen LogP contribution in [0.4, 0.5) is 0 Å². The fraction of sp³-hybridized carbons (Fsp3) is 0.143. The second kappa shape index (κ2) is 4.04. The lowest BCUT2D eigenvalue weighted by atomic mass is 10.0. The van der Waals surface area contributed by atoms with Gasteiger partial charge in [0.2, 0.25) is 0 Å². The minimum Gasteiger partial charge on any atom is -0.493 e. The first-order chi connectivity index (χ1) is 8.79. The van der Waals surface area contributed by atoms with Crippen molar-refractivity contribution in [2.45, 2.75) is 6.42 Å². The SMILES string of the molecule is N#Cc1cc2c([nH]c1=O)CCOc1ccccc1-2. The molecule has 1 aliphatic rings. The Morgan fingerprint density at radius 2 is 2.11 bits per heavy atom. The third-order valence-corrected chi connectivity index (χ3v) is 3.03. The smallest absolute Gasteiger partial charge is 0.266 e. The number of H-pyrrole nitrogens is 1. The standard InChI is InChI=1S/C14H10N2O2/c15-8-9-7-11-10-3-1-2-4-13(10)18-6-5-12(11)16-14(9)17/h1-4,7H,5-6H2,(H,16,17). The molecule has 0 aliphatic carbocycles. The third kappa shape index (κ3) is 1.57. The van der Waals surface area contributed by atoms with Gasteiger partial charge in [0, 0.05) is 23.2 Å². The minimum atomic E-state index is -0.337. The van der Waals surface area contributed by atoms with Gasteiger partial charge in [-0.2, -0.15) is 5.26 Å².